The number of hydrogen-bond donors (Lipinski definition) is 2. The molecule has 0 heterocycles. The zero-order valence-electron chi connectivity index (χ0n) is 9.95. The van der Waals surface area contributed by atoms with Crippen LogP contribution in [-0.2, 0) is 0 Å². The van der Waals surface area contributed by atoms with Crippen molar-refractivity contribution in [1.29, 1.82) is 0 Å². The molecule has 1 atom stereocenters. The Hall–Kier alpha value is -1.42. The summed E-state index contributed by atoms with van der Waals surface area (Å²) in [4.78, 5) is 11.7. The highest BCUT2D eigenvalue weighted by atomic mass is 19.1. The summed E-state index contributed by atoms with van der Waals surface area (Å²) in [6, 6.07) is 5.44. The number of aliphatic hydroxyl groups is 1. The third-order valence-electron chi connectivity index (χ3n) is 2.77. The first-order chi connectivity index (χ1) is 8.17. The normalized spacial score (nSPS) is 12.2. The van der Waals surface area contributed by atoms with Crippen molar-refractivity contribution in [3.8, 4) is 0 Å². The Morgan fingerprint density at radius 3 is 2.59 bits per heavy atom. The second-order valence-electron chi connectivity index (χ2n) is 4.00. The summed E-state index contributed by atoms with van der Waals surface area (Å²) in [6.07, 6.45) is 1.59. The van der Waals surface area contributed by atoms with Crippen LogP contribution in [0.5, 0.6) is 0 Å². The lowest BCUT2D eigenvalue weighted by molar-refractivity contribution is 0.0943. The number of carbonyl (C=O) groups excluding carboxylic acids is 1. The van der Waals surface area contributed by atoms with Gasteiger partial charge >= 0.3 is 0 Å². The minimum Gasteiger partial charge on any atom is -0.396 e. The van der Waals surface area contributed by atoms with Gasteiger partial charge in [0.05, 0.1) is 0 Å². The van der Waals surface area contributed by atoms with Crippen molar-refractivity contribution in [2.75, 3.05) is 13.2 Å². The molecule has 0 fully saturated rings. The molecule has 0 aliphatic heterocycles. The summed E-state index contributed by atoms with van der Waals surface area (Å²) >= 11 is 0. The number of aliphatic hydroxyl groups excluding tert-OH is 1. The summed E-state index contributed by atoms with van der Waals surface area (Å²) in [7, 11) is 0. The molecule has 1 aromatic rings. The topological polar surface area (TPSA) is 49.3 Å². The van der Waals surface area contributed by atoms with E-state index in [0.717, 1.165) is 6.42 Å². The number of hydrogen-bond acceptors (Lipinski definition) is 2. The zero-order chi connectivity index (χ0) is 12.7. The second-order valence-corrected chi connectivity index (χ2v) is 4.00. The molecule has 0 saturated carbocycles. The molecule has 0 saturated heterocycles. The van der Waals surface area contributed by atoms with Gasteiger partial charge in [0, 0.05) is 18.7 Å². The predicted molar refractivity (Wildman–Crippen MR) is 64.2 cm³/mol. The molecule has 0 aliphatic rings. The molecule has 1 rings (SSSR count). The lowest BCUT2D eigenvalue weighted by atomic mass is 10.0. The minimum atomic E-state index is -0.353. The first kappa shape index (κ1) is 13.6. The summed E-state index contributed by atoms with van der Waals surface area (Å²) < 4.78 is 12.7. The standard InChI is InChI=1S/C13H18FNO2/c1-2-10(7-8-16)9-15-13(17)11-3-5-12(14)6-4-11/h3-6,10,16H,2,7-9H2,1H3,(H,15,17). The smallest absolute Gasteiger partial charge is 0.251 e. The Morgan fingerprint density at radius 1 is 1.41 bits per heavy atom. The number of amides is 1. The van der Waals surface area contributed by atoms with Crippen LogP contribution in [0.4, 0.5) is 4.39 Å². The summed E-state index contributed by atoms with van der Waals surface area (Å²) in [5.74, 6) is -0.279. The molecule has 94 valence electrons. The van der Waals surface area contributed by atoms with Crippen LogP contribution in [-0.4, -0.2) is 24.2 Å². The molecule has 1 aromatic carbocycles. The number of nitrogens with one attached hydrogen (secondary N) is 1. The Labute approximate surface area is 101 Å². The molecule has 1 amide bonds. The molecule has 0 aromatic heterocycles. The van der Waals surface area contributed by atoms with E-state index < -0.39 is 0 Å². The van der Waals surface area contributed by atoms with Crippen LogP contribution in [0.1, 0.15) is 30.1 Å². The van der Waals surface area contributed by atoms with E-state index in [1.165, 1.54) is 24.3 Å². The fourth-order valence-corrected chi connectivity index (χ4v) is 1.57. The van der Waals surface area contributed by atoms with Gasteiger partial charge in [0.1, 0.15) is 5.82 Å². The Balaban J connectivity index is 2.46. The van der Waals surface area contributed by atoms with Crippen molar-refractivity contribution < 1.29 is 14.3 Å². The van der Waals surface area contributed by atoms with Gasteiger partial charge in [-0.1, -0.05) is 13.3 Å². The van der Waals surface area contributed by atoms with Gasteiger partial charge < -0.3 is 10.4 Å². The maximum absolute atomic E-state index is 12.7. The quantitative estimate of drug-likeness (QED) is 0.797. The highest BCUT2D eigenvalue weighted by molar-refractivity contribution is 5.94. The van der Waals surface area contributed by atoms with E-state index in [4.69, 9.17) is 5.11 Å². The van der Waals surface area contributed by atoms with Gasteiger partial charge in [0.15, 0.2) is 0 Å². The van der Waals surface area contributed by atoms with Crippen molar-refractivity contribution in [3.63, 3.8) is 0 Å². The van der Waals surface area contributed by atoms with E-state index in [0.29, 0.717) is 18.5 Å². The van der Waals surface area contributed by atoms with E-state index >= 15 is 0 Å². The molecular formula is C13H18FNO2. The van der Waals surface area contributed by atoms with E-state index in [9.17, 15) is 9.18 Å². The van der Waals surface area contributed by atoms with Crippen molar-refractivity contribution in [2.45, 2.75) is 19.8 Å². The molecule has 0 spiro atoms. The Kier molecular flexibility index (Phi) is 5.63. The number of halogens is 1. The van der Waals surface area contributed by atoms with Crippen LogP contribution in [0.25, 0.3) is 0 Å². The molecule has 0 radical (unpaired) electrons. The summed E-state index contributed by atoms with van der Waals surface area (Å²) in [6.45, 7) is 2.68. The van der Waals surface area contributed by atoms with Crippen LogP contribution in [0.3, 0.4) is 0 Å². The lowest BCUT2D eigenvalue weighted by Gasteiger charge is -2.14. The monoisotopic (exact) mass is 239 g/mol. The van der Waals surface area contributed by atoms with E-state index in [1.54, 1.807) is 0 Å². The van der Waals surface area contributed by atoms with E-state index in [2.05, 4.69) is 5.32 Å². The number of benzene rings is 1. The van der Waals surface area contributed by atoms with Crippen molar-refractivity contribution in [2.24, 2.45) is 5.92 Å². The van der Waals surface area contributed by atoms with Crippen LogP contribution in [0, 0.1) is 11.7 Å². The van der Waals surface area contributed by atoms with Gasteiger partial charge in [-0.3, -0.25) is 4.79 Å². The number of rotatable bonds is 6. The maximum atomic E-state index is 12.7. The third kappa shape index (κ3) is 4.53. The molecule has 17 heavy (non-hydrogen) atoms. The van der Waals surface area contributed by atoms with Crippen LogP contribution in [0.15, 0.2) is 24.3 Å². The highest BCUT2D eigenvalue weighted by Crippen LogP contribution is 2.07. The van der Waals surface area contributed by atoms with E-state index in [1.807, 2.05) is 6.92 Å². The molecule has 0 aliphatic carbocycles. The predicted octanol–water partition coefficient (Wildman–Crippen LogP) is 1.96. The SMILES string of the molecule is CCC(CCO)CNC(=O)c1ccc(F)cc1. The van der Waals surface area contributed by atoms with Gasteiger partial charge in [-0.2, -0.15) is 0 Å². The molecule has 4 heteroatoms. The van der Waals surface area contributed by atoms with Crippen LogP contribution >= 0.6 is 0 Å². The second kappa shape index (κ2) is 7.01. The average Bonchev–Trinajstić information content (AvgIpc) is 2.35. The van der Waals surface area contributed by atoms with Gasteiger partial charge in [-0.25, -0.2) is 4.39 Å². The minimum absolute atomic E-state index is 0.130. The van der Waals surface area contributed by atoms with Gasteiger partial charge in [0.2, 0.25) is 0 Å². The first-order valence-corrected chi connectivity index (χ1v) is 5.82. The van der Waals surface area contributed by atoms with Crippen molar-refractivity contribution >= 4 is 5.91 Å². The van der Waals surface area contributed by atoms with E-state index in [-0.39, 0.29) is 24.2 Å². The van der Waals surface area contributed by atoms with Gasteiger partial charge in [-0.15, -0.1) is 0 Å². The molecule has 0 bridgehead atoms. The maximum Gasteiger partial charge on any atom is 0.251 e. The van der Waals surface area contributed by atoms with Crippen LogP contribution in [0.2, 0.25) is 0 Å². The van der Waals surface area contributed by atoms with Crippen LogP contribution < -0.4 is 5.32 Å². The van der Waals surface area contributed by atoms with Gasteiger partial charge in [0.25, 0.3) is 5.91 Å². The third-order valence-corrected chi connectivity index (χ3v) is 2.77. The van der Waals surface area contributed by atoms with Gasteiger partial charge in [-0.05, 0) is 36.6 Å². The fourth-order valence-electron chi connectivity index (χ4n) is 1.57. The fraction of sp³-hybridized carbons (Fsp3) is 0.462. The molecular weight excluding hydrogens is 221 g/mol. The summed E-state index contributed by atoms with van der Waals surface area (Å²) in [5.41, 5.74) is 0.449. The Bertz CT molecular complexity index is 351. The molecule has 3 nitrogen and oxygen atoms in total. The first-order valence-electron chi connectivity index (χ1n) is 5.82. The molecule has 1 unspecified atom stereocenters. The van der Waals surface area contributed by atoms with Crippen molar-refractivity contribution in [3.05, 3.63) is 35.6 Å². The average molecular weight is 239 g/mol. The lowest BCUT2D eigenvalue weighted by Crippen LogP contribution is -2.29. The molecule has 2 N–H and O–H groups in total. The zero-order valence-corrected chi connectivity index (χ0v) is 9.95. The van der Waals surface area contributed by atoms with Crippen molar-refractivity contribution in [1.82, 2.24) is 5.32 Å². The number of carbonyl (C=O) groups is 1. The summed E-state index contributed by atoms with van der Waals surface area (Å²) in [5, 5.41) is 11.6. The largest absolute Gasteiger partial charge is 0.396 e. The highest BCUT2D eigenvalue weighted by Gasteiger charge is 2.09. The Morgan fingerprint density at radius 2 is 2.06 bits per heavy atom.